The zero-order valence-electron chi connectivity index (χ0n) is 15.1. The maximum Gasteiger partial charge on any atom is 0.325 e. The molecule has 1 aromatic rings. The molecule has 1 N–H and O–H groups in total. The van der Waals surface area contributed by atoms with Crippen LogP contribution in [0.5, 0.6) is 0 Å². The van der Waals surface area contributed by atoms with Crippen molar-refractivity contribution in [3.8, 4) is 0 Å². The second kappa shape index (κ2) is 6.68. The zero-order chi connectivity index (χ0) is 18.3. The molecule has 140 valence electrons. The van der Waals surface area contributed by atoms with E-state index in [1.807, 2.05) is 11.4 Å². The SMILES string of the molecule is CN(C(=O)CN1C(=O)N[C@@]2(CCCc3sccc32)C1=O)C1CCCCC1. The van der Waals surface area contributed by atoms with Gasteiger partial charge in [0.2, 0.25) is 5.91 Å². The van der Waals surface area contributed by atoms with Gasteiger partial charge in [0.1, 0.15) is 12.1 Å². The van der Waals surface area contributed by atoms with E-state index in [0.29, 0.717) is 6.42 Å². The summed E-state index contributed by atoms with van der Waals surface area (Å²) in [6, 6.07) is 1.72. The molecule has 2 aliphatic carbocycles. The molecule has 2 fully saturated rings. The summed E-state index contributed by atoms with van der Waals surface area (Å²) in [6.45, 7) is -0.168. The lowest BCUT2D eigenvalue weighted by Crippen LogP contribution is -2.48. The highest BCUT2D eigenvalue weighted by atomic mass is 32.1. The van der Waals surface area contributed by atoms with Crippen LogP contribution >= 0.6 is 11.3 Å². The number of thiophene rings is 1. The van der Waals surface area contributed by atoms with Gasteiger partial charge in [0, 0.05) is 23.5 Å². The van der Waals surface area contributed by atoms with E-state index in [0.717, 1.165) is 53.9 Å². The highest BCUT2D eigenvalue weighted by Crippen LogP contribution is 2.42. The predicted molar refractivity (Wildman–Crippen MR) is 98.8 cm³/mol. The van der Waals surface area contributed by atoms with Gasteiger partial charge in [-0.2, -0.15) is 0 Å². The topological polar surface area (TPSA) is 69.7 Å². The van der Waals surface area contributed by atoms with E-state index in [2.05, 4.69) is 5.32 Å². The maximum absolute atomic E-state index is 13.2. The number of imide groups is 1. The standard InChI is InChI=1S/C19H25N3O3S/c1-21(13-6-3-2-4-7-13)16(23)12-22-17(24)19(20-18(22)25)10-5-8-15-14(19)9-11-26-15/h9,11,13H,2-8,10,12H2,1H3,(H,20,25)/t19-/m1/s1. The molecule has 0 unspecified atom stereocenters. The van der Waals surface area contributed by atoms with Crippen molar-refractivity contribution < 1.29 is 14.4 Å². The molecule has 1 spiro atoms. The molecule has 6 nitrogen and oxygen atoms in total. The Kier molecular flexibility index (Phi) is 4.50. The maximum atomic E-state index is 13.2. The van der Waals surface area contributed by atoms with Gasteiger partial charge in [-0.3, -0.25) is 14.5 Å². The largest absolute Gasteiger partial charge is 0.341 e. The zero-order valence-corrected chi connectivity index (χ0v) is 15.9. The second-order valence-corrected chi connectivity index (χ2v) is 8.63. The Labute approximate surface area is 157 Å². The molecular formula is C19H25N3O3S. The molecule has 1 atom stereocenters. The highest BCUT2D eigenvalue weighted by molar-refractivity contribution is 7.10. The summed E-state index contributed by atoms with van der Waals surface area (Å²) in [5.41, 5.74) is -0.0448. The van der Waals surface area contributed by atoms with Crippen molar-refractivity contribution in [1.29, 1.82) is 0 Å². The number of amides is 4. The van der Waals surface area contributed by atoms with Crippen molar-refractivity contribution in [3.05, 3.63) is 21.9 Å². The van der Waals surface area contributed by atoms with E-state index in [1.54, 1.807) is 23.3 Å². The minimum atomic E-state index is -0.964. The fraction of sp³-hybridized carbons (Fsp3) is 0.632. The van der Waals surface area contributed by atoms with Crippen LogP contribution < -0.4 is 5.32 Å². The number of nitrogens with zero attached hydrogens (tertiary/aromatic N) is 2. The van der Waals surface area contributed by atoms with Crippen LogP contribution in [0.4, 0.5) is 4.79 Å². The minimum Gasteiger partial charge on any atom is -0.341 e. The quantitative estimate of drug-likeness (QED) is 0.826. The first-order chi connectivity index (χ1) is 12.5. The summed E-state index contributed by atoms with van der Waals surface area (Å²) in [5, 5.41) is 4.88. The number of carbonyl (C=O) groups excluding carboxylic acids is 3. The summed E-state index contributed by atoms with van der Waals surface area (Å²) in [5.74, 6) is -0.425. The second-order valence-electron chi connectivity index (χ2n) is 7.63. The molecule has 1 saturated carbocycles. The van der Waals surface area contributed by atoms with E-state index in [-0.39, 0.29) is 24.4 Å². The third-order valence-electron chi connectivity index (χ3n) is 6.15. The van der Waals surface area contributed by atoms with Crippen LogP contribution in [-0.2, 0) is 21.5 Å². The Morgan fingerprint density at radius 2 is 2.08 bits per heavy atom. The highest BCUT2D eigenvalue weighted by Gasteiger charge is 2.54. The van der Waals surface area contributed by atoms with Gasteiger partial charge in [-0.1, -0.05) is 19.3 Å². The Morgan fingerprint density at radius 3 is 2.85 bits per heavy atom. The number of aryl methyl sites for hydroxylation is 1. The van der Waals surface area contributed by atoms with Crippen molar-refractivity contribution in [2.24, 2.45) is 0 Å². The van der Waals surface area contributed by atoms with Crippen LogP contribution in [0.1, 0.15) is 55.4 Å². The monoisotopic (exact) mass is 375 g/mol. The van der Waals surface area contributed by atoms with Crippen molar-refractivity contribution in [2.45, 2.75) is 62.9 Å². The third-order valence-corrected chi connectivity index (χ3v) is 7.13. The number of rotatable bonds is 3. The first-order valence-corrected chi connectivity index (χ1v) is 10.4. The molecular weight excluding hydrogens is 350 g/mol. The summed E-state index contributed by atoms with van der Waals surface area (Å²) in [4.78, 5) is 42.4. The van der Waals surface area contributed by atoms with Crippen LogP contribution in [0, 0.1) is 0 Å². The number of hydrogen-bond donors (Lipinski definition) is 1. The molecule has 3 aliphatic rings. The van der Waals surface area contributed by atoms with Gasteiger partial charge in [-0.25, -0.2) is 4.79 Å². The van der Waals surface area contributed by atoms with Gasteiger partial charge in [-0.15, -0.1) is 11.3 Å². The molecule has 7 heteroatoms. The molecule has 4 rings (SSSR count). The van der Waals surface area contributed by atoms with Gasteiger partial charge in [0.15, 0.2) is 0 Å². The van der Waals surface area contributed by atoms with E-state index >= 15 is 0 Å². The van der Waals surface area contributed by atoms with Gasteiger partial charge in [-0.05, 0) is 43.6 Å². The van der Waals surface area contributed by atoms with Crippen LogP contribution in [0.25, 0.3) is 0 Å². The molecule has 26 heavy (non-hydrogen) atoms. The molecule has 4 amide bonds. The number of carbonyl (C=O) groups is 3. The molecule has 1 aliphatic heterocycles. The number of likely N-dealkylation sites (N-methyl/N-ethyl adjacent to an activating group) is 1. The third kappa shape index (κ3) is 2.73. The molecule has 0 aromatic carbocycles. The van der Waals surface area contributed by atoms with E-state index in [9.17, 15) is 14.4 Å². The summed E-state index contributed by atoms with van der Waals surface area (Å²) in [6.07, 6.45) is 7.91. The summed E-state index contributed by atoms with van der Waals surface area (Å²) in [7, 11) is 1.80. The van der Waals surface area contributed by atoms with Crippen molar-refractivity contribution >= 4 is 29.2 Å². The van der Waals surface area contributed by atoms with Gasteiger partial charge < -0.3 is 10.2 Å². The van der Waals surface area contributed by atoms with Gasteiger partial charge in [0.25, 0.3) is 5.91 Å². The first kappa shape index (κ1) is 17.5. The average molecular weight is 375 g/mol. The summed E-state index contributed by atoms with van der Waals surface area (Å²) < 4.78 is 0. The van der Waals surface area contributed by atoms with Crippen molar-refractivity contribution in [1.82, 2.24) is 15.1 Å². The van der Waals surface area contributed by atoms with E-state index in [4.69, 9.17) is 0 Å². The Bertz CT molecular complexity index is 740. The van der Waals surface area contributed by atoms with Crippen LogP contribution in [0.3, 0.4) is 0 Å². The van der Waals surface area contributed by atoms with E-state index in [1.165, 1.54) is 6.42 Å². The number of nitrogens with one attached hydrogen (secondary N) is 1. The fourth-order valence-corrected chi connectivity index (χ4v) is 5.60. The average Bonchev–Trinajstić information content (AvgIpc) is 3.22. The van der Waals surface area contributed by atoms with Crippen molar-refractivity contribution in [2.75, 3.05) is 13.6 Å². The Hall–Kier alpha value is -1.89. The van der Waals surface area contributed by atoms with Gasteiger partial charge >= 0.3 is 6.03 Å². The summed E-state index contributed by atoms with van der Waals surface area (Å²) >= 11 is 1.63. The number of fused-ring (bicyclic) bond motifs is 2. The lowest BCUT2D eigenvalue weighted by Gasteiger charge is -2.33. The fourth-order valence-electron chi connectivity index (χ4n) is 4.60. The Balaban J connectivity index is 1.51. The first-order valence-electron chi connectivity index (χ1n) is 9.49. The molecule has 0 radical (unpaired) electrons. The van der Waals surface area contributed by atoms with Crippen molar-refractivity contribution in [3.63, 3.8) is 0 Å². The number of urea groups is 1. The normalized spacial score (nSPS) is 26.1. The smallest absolute Gasteiger partial charge is 0.325 e. The molecule has 2 heterocycles. The predicted octanol–water partition coefficient (Wildman–Crippen LogP) is 2.62. The minimum absolute atomic E-state index is 0.154. The molecule has 0 bridgehead atoms. The van der Waals surface area contributed by atoms with Crippen LogP contribution in [0.15, 0.2) is 11.4 Å². The van der Waals surface area contributed by atoms with Crippen LogP contribution in [-0.4, -0.2) is 47.3 Å². The Morgan fingerprint density at radius 1 is 1.31 bits per heavy atom. The van der Waals surface area contributed by atoms with E-state index < -0.39 is 11.6 Å². The van der Waals surface area contributed by atoms with Gasteiger partial charge in [0.05, 0.1) is 0 Å². The molecule has 1 saturated heterocycles. The number of hydrogen-bond acceptors (Lipinski definition) is 4. The lowest BCUT2D eigenvalue weighted by molar-refractivity contribution is -0.140. The lowest BCUT2D eigenvalue weighted by atomic mass is 9.80. The van der Waals surface area contributed by atoms with Crippen LogP contribution in [0.2, 0.25) is 0 Å². The molecule has 1 aromatic heterocycles.